The van der Waals surface area contributed by atoms with Crippen LogP contribution in [0.2, 0.25) is 5.02 Å². The van der Waals surface area contributed by atoms with Gasteiger partial charge in [-0.15, -0.1) is 0 Å². The Labute approximate surface area is 169 Å². The summed E-state index contributed by atoms with van der Waals surface area (Å²) in [6, 6.07) is 11.4. The standard InChI is InChI=1S/C21H23ClN4O2/c1-12-8-13(2)20(16(22)9-12)25-19-10-14(3)23-21(26-19)24-17-7-6-15(27-4)11-18(17)28-5/h6-11H,1-5H3,(H2,23,24,25,26). The highest BCUT2D eigenvalue weighted by Crippen LogP contribution is 2.32. The Kier molecular flexibility index (Phi) is 5.90. The topological polar surface area (TPSA) is 68.3 Å². The lowest BCUT2D eigenvalue weighted by Crippen LogP contribution is -2.04. The molecule has 0 bridgehead atoms. The fourth-order valence-electron chi connectivity index (χ4n) is 2.91. The molecule has 1 heterocycles. The molecule has 0 atom stereocenters. The molecule has 28 heavy (non-hydrogen) atoms. The second-order valence-corrected chi connectivity index (χ2v) is 6.88. The molecule has 0 spiro atoms. The highest BCUT2D eigenvalue weighted by molar-refractivity contribution is 6.33. The molecule has 2 aromatic carbocycles. The second kappa shape index (κ2) is 8.35. The maximum absolute atomic E-state index is 6.41. The molecule has 0 aliphatic carbocycles. The number of aryl methyl sites for hydroxylation is 3. The minimum atomic E-state index is 0.451. The minimum absolute atomic E-state index is 0.451. The zero-order chi connectivity index (χ0) is 20.3. The highest BCUT2D eigenvalue weighted by Gasteiger charge is 2.11. The van der Waals surface area contributed by atoms with E-state index in [0.29, 0.717) is 28.3 Å². The summed E-state index contributed by atoms with van der Waals surface area (Å²) in [6.07, 6.45) is 0. The SMILES string of the molecule is COc1ccc(Nc2nc(C)cc(Nc3c(C)cc(C)cc3Cl)n2)c(OC)c1. The normalized spacial score (nSPS) is 10.5. The first kappa shape index (κ1) is 19.8. The van der Waals surface area contributed by atoms with Crippen LogP contribution in [-0.2, 0) is 0 Å². The molecule has 0 amide bonds. The van der Waals surface area contributed by atoms with Gasteiger partial charge in [0.25, 0.3) is 0 Å². The summed E-state index contributed by atoms with van der Waals surface area (Å²) in [6.45, 7) is 5.94. The van der Waals surface area contributed by atoms with Crippen molar-refractivity contribution in [3.63, 3.8) is 0 Å². The van der Waals surface area contributed by atoms with E-state index in [1.165, 1.54) is 0 Å². The summed E-state index contributed by atoms with van der Waals surface area (Å²) in [5.74, 6) is 2.44. The molecule has 7 heteroatoms. The van der Waals surface area contributed by atoms with Crippen LogP contribution in [0.4, 0.5) is 23.1 Å². The lowest BCUT2D eigenvalue weighted by Gasteiger charge is -2.15. The van der Waals surface area contributed by atoms with E-state index in [9.17, 15) is 0 Å². The van der Waals surface area contributed by atoms with Crippen LogP contribution in [0.1, 0.15) is 16.8 Å². The molecular weight excluding hydrogens is 376 g/mol. The van der Waals surface area contributed by atoms with E-state index < -0.39 is 0 Å². The third kappa shape index (κ3) is 4.46. The van der Waals surface area contributed by atoms with E-state index in [1.54, 1.807) is 20.3 Å². The van der Waals surface area contributed by atoms with Gasteiger partial charge in [0.15, 0.2) is 0 Å². The number of hydrogen-bond acceptors (Lipinski definition) is 6. The molecule has 3 rings (SSSR count). The van der Waals surface area contributed by atoms with Crippen LogP contribution < -0.4 is 20.1 Å². The number of ether oxygens (including phenoxy) is 2. The molecule has 0 saturated carbocycles. The van der Waals surface area contributed by atoms with Gasteiger partial charge in [-0.2, -0.15) is 4.98 Å². The summed E-state index contributed by atoms with van der Waals surface area (Å²) in [4.78, 5) is 9.03. The van der Waals surface area contributed by atoms with Crippen LogP contribution in [-0.4, -0.2) is 24.2 Å². The van der Waals surface area contributed by atoms with E-state index in [1.807, 2.05) is 45.0 Å². The number of hydrogen-bond donors (Lipinski definition) is 2. The Bertz CT molecular complexity index is 985. The zero-order valence-corrected chi connectivity index (χ0v) is 17.3. The molecular formula is C21H23ClN4O2. The van der Waals surface area contributed by atoms with Gasteiger partial charge < -0.3 is 20.1 Å². The van der Waals surface area contributed by atoms with Crippen LogP contribution >= 0.6 is 11.6 Å². The number of halogens is 1. The third-order valence-electron chi connectivity index (χ3n) is 4.19. The van der Waals surface area contributed by atoms with Gasteiger partial charge in [0.2, 0.25) is 5.95 Å². The van der Waals surface area contributed by atoms with Crippen molar-refractivity contribution < 1.29 is 9.47 Å². The lowest BCUT2D eigenvalue weighted by atomic mass is 10.1. The molecule has 0 radical (unpaired) electrons. The Morgan fingerprint density at radius 3 is 2.36 bits per heavy atom. The van der Waals surface area contributed by atoms with Crippen LogP contribution in [0.25, 0.3) is 0 Å². The second-order valence-electron chi connectivity index (χ2n) is 6.47. The molecule has 0 aliphatic rings. The first-order valence-electron chi connectivity index (χ1n) is 8.78. The largest absolute Gasteiger partial charge is 0.497 e. The van der Waals surface area contributed by atoms with Crippen molar-refractivity contribution in [2.24, 2.45) is 0 Å². The molecule has 2 N–H and O–H groups in total. The maximum atomic E-state index is 6.41. The zero-order valence-electron chi connectivity index (χ0n) is 16.6. The first-order valence-corrected chi connectivity index (χ1v) is 9.16. The van der Waals surface area contributed by atoms with E-state index in [4.69, 9.17) is 21.1 Å². The number of anilines is 4. The van der Waals surface area contributed by atoms with Crippen LogP contribution in [0.5, 0.6) is 11.5 Å². The fourth-order valence-corrected chi connectivity index (χ4v) is 3.28. The van der Waals surface area contributed by atoms with Gasteiger partial charge >= 0.3 is 0 Å². The lowest BCUT2D eigenvalue weighted by molar-refractivity contribution is 0.395. The Balaban J connectivity index is 1.91. The molecule has 0 unspecified atom stereocenters. The Morgan fingerprint density at radius 2 is 1.68 bits per heavy atom. The monoisotopic (exact) mass is 398 g/mol. The predicted molar refractivity (Wildman–Crippen MR) is 114 cm³/mol. The van der Waals surface area contributed by atoms with Crippen molar-refractivity contribution in [3.8, 4) is 11.5 Å². The number of methoxy groups -OCH3 is 2. The van der Waals surface area contributed by atoms with Crippen LogP contribution in [0.15, 0.2) is 36.4 Å². The van der Waals surface area contributed by atoms with Crippen molar-refractivity contribution in [1.29, 1.82) is 0 Å². The number of aromatic nitrogens is 2. The van der Waals surface area contributed by atoms with Crippen molar-refractivity contribution >= 4 is 34.7 Å². The summed E-state index contributed by atoms with van der Waals surface area (Å²) < 4.78 is 10.7. The van der Waals surface area contributed by atoms with Crippen molar-refractivity contribution in [3.05, 3.63) is 58.2 Å². The van der Waals surface area contributed by atoms with E-state index in [-0.39, 0.29) is 0 Å². The van der Waals surface area contributed by atoms with Gasteiger partial charge in [-0.05, 0) is 50.1 Å². The van der Waals surface area contributed by atoms with Crippen LogP contribution in [0.3, 0.4) is 0 Å². The minimum Gasteiger partial charge on any atom is -0.497 e. The molecule has 1 aromatic heterocycles. The van der Waals surface area contributed by atoms with Crippen molar-refractivity contribution in [2.45, 2.75) is 20.8 Å². The van der Waals surface area contributed by atoms with E-state index >= 15 is 0 Å². The molecule has 0 aliphatic heterocycles. The third-order valence-corrected chi connectivity index (χ3v) is 4.49. The average molecular weight is 399 g/mol. The summed E-state index contributed by atoms with van der Waals surface area (Å²) in [5, 5.41) is 7.16. The number of benzene rings is 2. The number of nitrogens with zero attached hydrogens (tertiary/aromatic N) is 2. The van der Waals surface area contributed by atoms with E-state index in [0.717, 1.165) is 28.2 Å². The number of nitrogens with one attached hydrogen (secondary N) is 2. The Morgan fingerprint density at radius 1 is 0.893 bits per heavy atom. The van der Waals surface area contributed by atoms with Crippen LogP contribution in [0, 0.1) is 20.8 Å². The molecule has 0 saturated heterocycles. The van der Waals surface area contributed by atoms with Gasteiger partial charge in [-0.3, -0.25) is 0 Å². The molecule has 6 nitrogen and oxygen atoms in total. The highest BCUT2D eigenvalue weighted by atomic mass is 35.5. The van der Waals surface area contributed by atoms with Gasteiger partial charge in [0, 0.05) is 17.8 Å². The van der Waals surface area contributed by atoms with Crippen molar-refractivity contribution in [1.82, 2.24) is 9.97 Å². The quantitative estimate of drug-likeness (QED) is 0.566. The predicted octanol–water partition coefficient (Wildman–Crippen LogP) is 5.56. The number of rotatable bonds is 6. The van der Waals surface area contributed by atoms with E-state index in [2.05, 4.69) is 26.7 Å². The molecule has 3 aromatic rings. The molecule has 0 fully saturated rings. The molecule has 146 valence electrons. The fraction of sp³-hybridized carbons (Fsp3) is 0.238. The van der Waals surface area contributed by atoms with Crippen molar-refractivity contribution in [2.75, 3.05) is 24.9 Å². The summed E-state index contributed by atoms with van der Waals surface area (Å²) in [7, 11) is 3.22. The van der Waals surface area contributed by atoms with Gasteiger partial charge in [-0.25, -0.2) is 4.98 Å². The van der Waals surface area contributed by atoms with Gasteiger partial charge in [0.05, 0.1) is 30.6 Å². The Hall–Kier alpha value is -2.99. The average Bonchev–Trinajstić information content (AvgIpc) is 2.64. The first-order chi connectivity index (χ1) is 13.4. The summed E-state index contributed by atoms with van der Waals surface area (Å²) >= 11 is 6.41. The maximum Gasteiger partial charge on any atom is 0.229 e. The summed E-state index contributed by atoms with van der Waals surface area (Å²) in [5.41, 5.74) is 4.55. The smallest absolute Gasteiger partial charge is 0.229 e. The van der Waals surface area contributed by atoms with Gasteiger partial charge in [0.1, 0.15) is 17.3 Å². The van der Waals surface area contributed by atoms with Gasteiger partial charge in [-0.1, -0.05) is 17.7 Å².